The van der Waals surface area contributed by atoms with Crippen molar-refractivity contribution in [1.29, 1.82) is 0 Å². The number of aliphatic carboxylic acids is 1. The van der Waals surface area contributed by atoms with Gasteiger partial charge in [-0.05, 0) is 32.9 Å². The predicted molar refractivity (Wildman–Crippen MR) is 49.3 cm³/mol. The molecule has 2 N–H and O–H groups in total. The molecule has 0 radical (unpaired) electrons. The quantitative estimate of drug-likeness (QED) is 0.691. The number of carbonyl (C=O) groups is 1. The maximum atomic E-state index is 11.3. The standard InChI is InChI=1S/C7H6BrNO4S/c8-5-2-1-4(14-5)7(12,13)9-3-6(10)11/h1-2,9H,3H2,(H,10,11)/q-2. The van der Waals surface area contributed by atoms with Crippen LogP contribution >= 0.6 is 27.3 Å². The van der Waals surface area contributed by atoms with Gasteiger partial charge in [0.1, 0.15) is 0 Å². The van der Waals surface area contributed by atoms with Crippen molar-refractivity contribution >= 4 is 33.2 Å². The van der Waals surface area contributed by atoms with Crippen LogP contribution in [0.4, 0.5) is 0 Å². The fourth-order valence-corrected chi connectivity index (χ4v) is 2.11. The second-order valence-electron chi connectivity index (χ2n) is 2.47. The number of nitrogens with one attached hydrogen (secondary N) is 1. The summed E-state index contributed by atoms with van der Waals surface area (Å²) < 4.78 is 0.653. The zero-order valence-corrected chi connectivity index (χ0v) is 9.22. The van der Waals surface area contributed by atoms with Crippen LogP contribution in [0.1, 0.15) is 4.88 Å². The van der Waals surface area contributed by atoms with E-state index in [1.807, 2.05) is 5.32 Å². The summed E-state index contributed by atoms with van der Waals surface area (Å²) in [4.78, 5) is 10.1. The average molecular weight is 280 g/mol. The molecule has 0 bridgehead atoms. The summed E-state index contributed by atoms with van der Waals surface area (Å²) in [7, 11) is 0. The molecule has 0 fully saturated rings. The van der Waals surface area contributed by atoms with Gasteiger partial charge in [0.2, 0.25) is 0 Å². The highest BCUT2D eigenvalue weighted by molar-refractivity contribution is 9.11. The number of hydrogen-bond acceptors (Lipinski definition) is 5. The third-order valence-corrected chi connectivity index (χ3v) is 3.08. The first-order valence-corrected chi connectivity index (χ1v) is 5.16. The molecular formula is C7H6BrNO4S-2. The Bertz CT molecular complexity index is 338. The van der Waals surface area contributed by atoms with Crippen LogP contribution in [0.25, 0.3) is 0 Å². The van der Waals surface area contributed by atoms with Crippen molar-refractivity contribution < 1.29 is 20.1 Å². The van der Waals surface area contributed by atoms with E-state index in [9.17, 15) is 15.0 Å². The van der Waals surface area contributed by atoms with Crippen molar-refractivity contribution in [2.24, 2.45) is 0 Å². The summed E-state index contributed by atoms with van der Waals surface area (Å²) in [6, 6.07) is 2.93. The van der Waals surface area contributed by atoms with Gasteiger partial charge in [-0.25, -0.2) is 0 Å². The summed E-state index contributed by atoms with van der Waals surface area (Å²) in [5.74, 6) is -4.04. The zero-order valence-electron chi connectivity index (χ0n) is 6.82. The summed E-state index contributed by atoms with van der Waals surface area (Å²) in [5.41, 5.74) is 0. The first-order valence-electron chi connectivity index (χ1n) is 3.55. The van der Waals surface area contributed by atoms with Crippen LogP contribution in [0.2, 0.25) is 0 Å². The second-order valence-corrected chi connectivity index (χ2v) is 4.93. The maximum absolute atomic E-state index is 11.3. The number of rotatable bonds is 4. The van der Waals surface area contributed by atoms with Gasteiger partial charge < -0.3 is 20.6 Å². The Kier molecular flexibility index (Phi) is 3.62. The predicted octanol–water partition coefficient (Wildman–Crippen LogP) is -0.984. The third-order valence-electron chi connectivity index (χ3n) is 1.37. The molecule has 0 saturated heterocycles. The topological polar surface area (TPSA) is 95.5 Å². The summed E-state index contributed by atoms with van der Waals surface area (Å²) >= 11 is 4.08. The first-order chi connectivity index (χ1) is 6.42. The molecule has 1 aromatic rings. The Morgan fingerprint density at radius 1 is 1.64 bits per heavy atom. The zero-order chi connectivity index (χ0) is 10.8. The lowest BCUT2D eigenvalue weighted by Crippen LogP contribution is -2.63. The molecule has 0 aliphatic carbocycles. The Labute approximate surface area is 92.1 Å². The van der Waals surface area contributed by atoms with Gasteiger partial charge >= 0.3 is 5.97 Å². The van der Waals surface area contributed by atoms with E-state index >= 15 is 0 Å². The third kappa shape index (κ3) is 3.03. The molecule has 7 heteroatoms. The minimum atomic E-state index is -2.80. The molecule has 1 heterocycles. The molecule has 0 unspecified atom stereocenters. The largest absolute Gasteiger partial charge is 0.848 e. The van der Waals surface area contributed by atoms with E-state index in [-0.39, 0.29) is 4.88 Å². The molecular weight excluding hydrogens is 274 g/mol. The van der Waals surface area contributed by atoms with Crippen molar-refractivity contribution in [2.45, 2.75) is 5.91 Å². The van der Waals surface area contributed by atoms with Crippen LogP contribution < -0.4 is 15.5 Å². The molecule has 0 aliphatic rings. The fourth-order valence-electron chi connectivity index (χ4n) is 0.770. The van der Waals surface area contributed by atoms with E-state index < -0.39 is 18.4 Å². The van der Waals surface area contributed by atoms with E-state index in [1.165, 1.54) is 6.07 Å². The van der Waals surface area contributed by atoms with Gasteiger partial charge in [-0.3, -0.25) is 4.79 Å². The van der Waals surface area contributed by atoms with Crippen molar-refractivity contribution in [3.63, 3.8) is 0 Å². The molecule has 0 spiro atoms. The molecule has 0 atom stereocenters. The number of hydrogen-bond donors (Lipinski definition) is 2. The maximum Gasteiger partial charge on any atom is 0.317 e. The van der Waals surface area contributed by atoms with Crippen molar-refractivity contribution in [3.8, 4) is 0 Å². The molecule has 0 saturated carbocycles. The second kappa shape index (κ2) is 4.37. The van der Waals surface area contributed by atoms with Gasteiger partial charge in [-0.1, -0.05) is 0 Å². The highest BCUT2D eigenvalue weighted by Gasteiger charge is 2.08. The van der Waals surface area contributed by atoms with Gasteiger partial charge in [0.25, 0.3) is 0 Å². The Hall–Kier alpha value is -0.470. The summed E-state index contributed by atoms with van der Waals surface area (Å²) in [5, 5.41) is 32.7. The lowest BCUT2D eigenvalue weighted by atomic mass is 10.3. The number of thiophene rings is 1. The van der Waals surface area contributed by atoms with E-state index in [2.05, 4.69) is 15.9 Å². The van der Waals surface area contributed by atoms with E-state index in [4.69, 9.17) is 5.11 Å². The van der Waals surface area contributed by atoms with Crippen LogP contribution in [0.15, 0.2) is 15.9 Å². The number of carboxylic acids is 1. The van der Waals surface area contributed by atoms with Crippen LogP contribution in [-0.2, 0) is 10.7 Å². The van der Waals surface area contributed by atoms with Gasteiger partial charge in [-0.15, -0.1) is 17.2 Å². The van der Waals surface area contributed by atoms with E-state index in [0.29, 0.717) is 3.79 Å². The Morgan fingerprint density at radius 2 is 2.29 bits per heavy atom. The molecule has 78 valence electrons. The lowest BCUT2D eigenvalue weighted by Gasteiger charge is -2.48. The van der Waals surface area contributed by atoms with Crippen molar-refractivity contribution in [3.05, 3.63) is 20.8 Å². The molecule has 14 heavy (non-hydrogen) atoms. The normalized spacial score (nSPS) is 11.6. The number of carboxylic acid groups (broad SMARTS) is 1. The molecule has 0 amide bonds. The van der Waals surface area contributed by atoms with Crippen molar-refractivity contribution in [1.82, 2.24) is 5.32 Å². The Balaban J connectivity index is 2.69. The summed E-state index contributed by atoms with van der Waals surface area (Å²) in [6.07, 6.45) is 0. The smallest absolute Gasteiger partial charge is 0.317 e. The SMILES string of the molecule is O=C(O)CNC([O-])([O-])c1ccc(Br)s1. The van der Waals surface area contributed by atoms with Crippen molar-refractivity contribution in [2.75, 3.05) is 6.54 Å². The molecule has 0 aliphatic heterocycles. The van der Waals surface area contributed by atoms with Crippen LogP contribution in [0, 0.1) is 0 Å². The van der Waals surface area contributed by atoms with Crippen LogP contribution in [0.3, 0.4) is 0 Å². The van der Waals surface area contributed by atoms with Gasteiger partial charge in [-0.2, -0.15) is 0 Å². The fraction of sp³-hybridized carbons (Fsp3) is 0.286. The highest BCUT2D eigenvalue weighted by atomic mass is 79.9. The van der Waals surface area contributed by atoms with Crippen LogP contribution in [-0.4, -0.2) is 17.6 Å². The Morgan fingerprint density at radius 3 is 2.71 bits per heavy atom. The van der Waals surface area contributed by atoms with Gasteiger partial charge in [0.15, 0.2) is 0 Å². The molecule has 0 aromatic carbocycles. The minimum Gasteiger partial charge on any atom is -0.848 e. The summed E-state index contributed by atoms with van der Waals surface area (Å²) in [6.45, 7) is -0.650. The average Bonchev–Trinajstić information content (AvgIpc) is 2.49. The first kappa shape index (κ1) is 11.6. The van der Waals surface area contributed by atoms with Gasteiger partial charge in [0, 0.05) is 0 Å². The molecule has 1 rings (SSSR count). The van der Waals surface area contributed by atoms with Crippen LogP contribution in [0.5, 0.6) is 0 Å². The number of halogens is 1. The van der Waals surface area contributed by atoms with Gasteiger partial charge in [0.05, 0.1) is 10.3 Å². The highest BCUT2D eigenvalue weighted by Crippen LogP contribution is 2.25. The van der Waals surface area contributed by atoms with E-state index in [1.54, 1.807) is 6.07 Å². The minimum absolute atomic E-state index is 0.00521. The molecule has 1 aromatic heterocycles. The monoisotopic (exact) mass is 279 g/mol. The molecule has 5 nitrogen and oxygen atoms in total. The van der Waals surface area contributed by atoms with E-state index in [0.717, 1.165) is 11.3 Å². The lowest BCUT2D eigenvalue weighted by molar-refractivity contribution is -0.743.